The average Bonchev–Trinajstić information content (AvgIpc) is 2.80. The Morgan fingerprint density at radius 1 is 1.39 bits per heavy atom. The summed E-state index contributed by atoms with van der Waals surface area (Å²) in [5, 5.41) is 4.22. The van der Waals surface area contributed by atoms with Crippen LogP contribution in [0, 0.1) is 5.92 Å². The molecule has 1 aliphatic carbocycles. The van der Waals surface area contributed by atoms with Gasteiger partial charge in [-0.1, -0.05) is 20.3 Å². The first kappa shape index (κ1) is 14.2. The number of hydrogen-bond acceptors (Lipinski definition) is 3. The lowest BCUT2D eigenvalue weighted by Crippen LogP contribution is -2.42. The normalized spacial score (nSPS) is 34.9. The highest BCUT2D eigenvalue weighted by molar-refractivity contribution is 7.99. The number of carbonyl (C=O) groups is 1. The van der Waals surface area contributed by atoms with Gasteiger partial charge in [-0.3, -0.25) is 10.1 Å². The van der Waals surface area contributed by atoms with E-state index in [-0.39, 0.29) is 6.04 Å². The van der Waals surface area contributed by atoms with Crippen molar-refractivity contribution in [2.24, 2.45) is 5.92 Å². The summed E-state index contributed by atoms with van der Waals surface area (Å²) in [5.41, 5.74) is 0. The van der Waals surface area contributed by atoms with Crippen LogP contribution in [0.4, 0.5) is 0 Å². The number of carbonyl (C=O) groups excluding carboxylic acids is 1. The Bertz CT molecular complexity index is 290. The van der Waals surface area contributed by atoms with Gasteiger partial charge in [0.15, 0.2) is 0 Å². The van der Waals surface area contributed by atoms with E-state index in [9.17, 15) is 4.79 Å². The summed E-state index contributed by atoms with van der Waals surface area (Å²) < 4.78 is 0. The minimum atomic E-state index is 0.0632. The van der Waals surface area contributed by atoms with Crippen molar-refractivity contribution >= 4 is 17.7 Å². The highest BCUT2D eigenvalue weighted by Gasteiger charge is 2.38. The molecule has 2 unspecified atom stereocenters. The van der Waals surface area contributed by atoms with Crippen LogP contribution in [0.1, 0.15) is 46.0 Å². The predicted octanol–water partition coefficient (Wildman–Crippen LogP) is 2.46. The van der Waals surface area contributed by atoms with E-state index in [1.54, 1.807) is 0 Å². The third-order valence-electron chi connectivity index (χ3n) is 4.66. The second-order valence-corrected chi connectivity index (χ2v) is 6.84. The molecule has 4 heteroatoms. The van der Waals surface area contributed by atoms with Gasteiger partial charge in [-0.2, -0.15) is 11.8 Å². The van der Waals surface area contributed by atoms with Crippen LogP contribution in [-0.2, 0) is 4.79 Å². The number of nitrogens with one attached hydrogen (secondary N) is 1. The number of thioether (sulfide) groups is 1. The lowest BCUT2D eigenvalue weighted by Gasteiger charge is -2.33. The third-order valence-corrected chi connectivity index (χ3v) is 5.80. The van der Waals surface area contributed by atoms with Gasteiger partial charge in [0.05, 0.1) is 12.7 Å². The van der Waals surface area contributed by atoms with Crippen LogP contribution in [0.2, 0.25) is 0 Å². The second kappa shape index (κ2) is 6.29. The molecule has 1 heterocycles. The van der Waals surface area contributed by atoms with Crippen LogP contribution >= 0.6 is 11.8 Å². The number of rotatable bonds is 4. The maximum absolute atomic E-state index is 12.4. The van der Waals surface area contributed by atoms with Crippen LogP contribution < -0.4 is 5.32 Å². The maximum Gasteiger partial charge on any atom is 0.241 e. The zero-order chi connectivity index (χ0) is 13.1. The molecule has 1 saturated heterocycles. The lowest BCUT2D eigenvalue weighted by atomic mass is 9.93. The Hall–Kier alpha value is -0.220. The van der Waals surface area contributed by atoms with Crippen molar-refractivity contribution in [1.29, 1.82) is 0 Å². The summed E-state index contributed by atoms with van der Waals surface area (Å²) in [6.07, 6.45) is 8.18. The Labute approximate surface area is 115 Å². The molecule has 1 aliphatic heterocycles. The van der Waals surface area contributed by atoms with Crippen molar-refractivity contribution in [3.8, 4) is 0 Å². The molecular formula is C14H26N2OS. The van der Waals surface area contributed by atoms with Crippen molar-refractivity contribution in [1.82, 2.24) is 10.2 Å². The molecule has 18 heavy (non-hydrogen) atoms. The zero-order valence-corrected chi connectivity index (χ0v) is 12.6. The van der Waals surface area contributed by atoms with Gasteiger partial charge < -0.3 is 4.90 Å². The Morgan fingerprint density at radius 2 is 2.06 bits per heavy atom. The van der Waals surface area contributed by atoms with Crippen molar-refractivity contribution in [3.05, 3.63) is 0 Å². The molecule has 0 aromatic rings. The van der Waals surface area contributed by atoms with Gasteiger partial charge in [-0.05, 0) is 37.9 Å². The molecule has 1 amide bonds. The van der Waals surface area contributed by atoms with E-state index in [4.69, 9.17) is 0 Å². The molecule has 0 bridgehead atoms. The molecule has 3 nitrogen and oxygen atoms in total. The van der Waals surface area contributed by atoms with E-state index >= 15 is 0 Å². The summed E-state index contributed by atoms with van der Waals surface area (Å²) in [7, 11) is 0. The van der Waals surface area contributed by atoms with E-state index < -0.39 is 0 Å². The predicted molar refractivity (Wildman–Crippen MR) is 77.7 cm³/mol. The minimum absolute atomic E-state index is 0.0632. The maximum atomic E-state index is 12.4. The molecule has 2 aliphatic rings. The Morgan fingerprint density at radius 3 is 2.61 bits per heavy atom. The number of nitrogens with zero attached hydrogens (tertiary/aromatic N) is 1. The number of hydrogen-bond donors (Lipinski definition) is 1. The molecular weight excluding hydrogens is 244 g/mol. The van der Waals surface area contributed by atoms with Gasteiger partial charge in [-0.25, -0.2) is 0 Å². The van der Waals surface area contributed by atoms with E-state index in [2.05, 4.69) is 30.3 Å². The SMILES string of the molecule is CCC(C)C1NCN(C2CCC(SC)CC2)C1=O. The smallest absolute Gasteiger partial charge is 0.241 e. The van der Waals surface area contributed by atoms with Gasteiger partial charge in [-0.15, -0.1) is 0 Å². The fourth-order valence-corrected chi connectivity index (χ4v) is 3.87. The monoisotopic (exact) mass is 270 g/mol. The summed E-state index contributed by atoms with van der Waals surface area (Å²) in [4.78, 5) is 14.5. The molecule has 104 valence electrons. The highest BCUT2D eigenvalue weighted by atomic mass is 32.2. The van der Waals surface area contributed by atoms with Crippen LogP contribution in [0.15, 0.2) is 0 Å². The zero-order valence-electron chi connectivity index (χ0n) is 11.8. The molecule has 0 aromatic heterocycles. The van der Waals surface area contributed by atoms with Crippen molar-refractivity contribution in [2.75, 3.05) is 12.9 Å². The van der Waals surface area contributed by atoms with Crippen LogP contribution in [0.25, 0.3) is 0 Å². The standard InChI is InChI=1S/C14H26N2OS/c1-4-10(2)13-14(17)16(9-15-13)11-5-7-12(18-3)8-6-11/h10-13,15H,4-9H2,1-3H3. The van der Waals surface area contributed by atoms with Crippen LogP contribution in [0.5, 0.6) is 0 Å². The quantitative estimate of drug-likeness (QED) is 0.852. The molecule has 1 saturated carbocycles. The Kier molecular flexibility index (Phi) is 4.96. The average molecular weight is 270 g/mol. The van der Waals surface area contributed by atoms with E-state index in [0.717, 1.165) is 18.3 Å². The summed E-state index contributed by atoms with van der Waals surface area (Å²) in [6, 6.07) is 0.552. The van der Waals surface area contributed by atoms with Gasteiger partial charge in [0.1, 0.15) is 0 Å². The largest absolute Gasteiger partial charge is 0.326 e. The van der Waals surface area contributed by atoms with Gasteiger partial charge in [0, 0.05) is 11.3 Å². The number of amides is 1. The molecule has 2 atom stereocenters. The van der Waals surface area contributed by atoms with Crippen molar-refractivity contribution in [2.45, 2.75) is 63.3 Å². The van der Waals surface area contributed by atoms with E-state index in [0.29, 0.717) is 17.9 Å². The van der Waals surface area contributed by atoms with E-state index in [1.165, 1.54) is 25.7 Å². The molecule has 0 radical (unpaired) electrons. The van der Waals surface area contributed by atoms with Crippen LogP contribution in [-0.4, -0.2) is 41.1 Å². The lowest BCUT2D eigenvalue weighted by molar-refractivity contribution is -0.132. The topological polar surface area (TPSA) is 32.3 Å². The summed E-state index contributed by atoms with van der Waals surface area (Å²) in [5.74, 6) is 0.794. The third kappa shape index (κ3) is 2.85. The van der Waals surface area contributed by atoms with E-state index in [1.807, 2.05) is 11.8 Å². The Balaban J connectivity index is 1.90. The van der Waals surface area contributed by atoms with Gasteiger partial charge in [0.25, 0.3) is 0 Å². The first-order valence-electron chi connectivity index (χ1n) is 7.24. The van der Waals surface area contributed by atoms with Crippen molar-refractivity contribution in [3.63, 3.8) is 0 Å². The molecule has 2 rings (SSSR count). The summed E-state index contributed by atoms with van der Waals surface area (Å²) >= 11 is 1.98. The second-order valence-electron chi connectivity index (χ2n) is 5.70. The highest BCUT2D eigenvalue weighted by Crippen LogP contribution is 2.31. The fraction of sp³-hybridized carbons (Fsp3) is 0.929. The van der Waals surface area contributed by atoms with Crippen LogP contribution in [0.3, 0.4) is 0 Å². The first-order chi connectivity index (χ1) is 8.67. The molecule has 0 spiro atoms. The fourth-order valence-electron chi connectivity index (χ4n) is 3.12. The van der Waals surface area contributed by atoms with Gasteiger partial charge in [0.2, 0.25) is 5.91 Å². The van der Waals surface area contributed by atoms with Gasteiger partial charge >= 0.3 is 0 Å². The molecule has 0 aromatic carbocycles. The summed E-state index contributed by atoms with van der Waals surface area (Å²) in [6.45, 7) is 5.10. The first-order valence-corrected chi connectivity index (χ1v) is 8.52. The molecule has 2 fully saturated rings. The van der Waals surface area contributed by atoms with Crippen molar-refractivity contribution < 1.29 is 4.79 Å². The minimum Gasteiger partial charge on any atom is -0.326 e. The molecule has 1 N–H and O–H groups in total.